The van der Waals surface area contributed by atoms with Crippen LogP contribution in [-0.2, 0) is 4.79 Å². The Morgan fingerprint density at radius 2 is 1.92 bits per heavy atom. The van der Waals surface area contributed by atoms with Gasteiger partial charge in [0, 0.05) is 17.9 Å². The highest BCUT2D eigenvalue weighted by molar-refractivity contribution is 5.95. The van der Waals surface area contributed by atoms with E-state index in [1.54, 1.807) is 30.3 Å². The van der Waals surface area contributed by atoms with Crippen molar-refractivity contribution in [2.45, 2.75) is 25.3 Å². The lowest BCUT2D eigenvalue weighted by Crippen LogP contribution is -2.47. The molecule has 1 fully saturated rings. The summed E-state index contributed by atoms with van der Waals surface area (Å²) in [5.41, 5.74) is 1.33. The van der Waals surface area contributed by atoms with Crippen molar-refractivity contribution < 1.29 is 9.59 Å². The van der Waals surface area contributed by atoms with E-state index in [0.29, 0.717) is 24.5 Å². The van der Waals surface area contributed by atoms with Crippen LogP contribution in [-0.4, -0.2) is 42.5 Å². The molecule has 0 aliphatic carbocycles. The Balaban J connectivity index is 1.91. The summed E-state index contributed by atoms with van der Waals surface area (Å²) in [6, 6.07) is 6.51. The minimum Gasteiger partial charge on any atom is -0.334 e. The van der Waals surface area contributed by atoms with E-state index < -0.39 is 0 Å². The number of hydrogen-bond acceptors (Lipinski definition) is 3. The van der Waals surface area contributed by atoms with Crippen molar-refractivity contribution in [2.75, 3.05) is 30.3 Å². The maximum absolute atomic E-state index is 12.5. The SMILES string of the molecule is C#CCN1CCCC[C@H]1C(=O)Nc1ccc(NC(=O)NCC=C)cc1. The third-order valence-corrected chi connectivity index (χ3v) is 4.03. The predicted molar refractivity (Wildman–Crippen MR) is 100 cm³/mol. The Kier molecular flexibility index (Phi) is 7.05. The first-order chi connectivity index (χ1) is 12.1. The van der Waals surface area contributed by atoms with E-state index in [4.69, 9.17) is 6.42 Å². The van der Waals surface area contributed by atoms with E-state index in [1.165, 1.54) is 0 Å². The summed E-state index contributed by atoms with van der Waals surface area (Å²) in [5, 5.41) is 8.26. The molecule has 6 heteroatoms. The molecule has 1 aromatic carbocycles. The Morgan fingerprint density at radius 3 is 2.56 bits per heavy atom. The fourth-order valence-electron chi connectivity index (χ4n) is 2.80. The number of likely N-dealkylation sites (tertiary alicyclic amines) is 1. The van der Waals surface area contributed by atoms with E-state index >= 15 is 0 Å². The topological polar surface area (TPSA) is 73.5 Å². The van der Waals surface area contributed by atoms with Gasteiger partial charge in [-0.2, -0.15) is 0 Å². The molecule has 1 aliphatic rings. The molecule has 1 atom stereocenters. The molecular formula is C19H24N4O2. The van der Waals surface area contributed by atoms with Gasteiger partial charge in [0.2, 0.25) is 5.91 Å². The highest BCUT2D eigenvalue weighted by Crippen LogP contribution is 2.19. The molecule has 1 heterocycles. The lowest BCUT2D eigenvalue weighted by atomic mass is 10.0. The summed E-state index contributed by atoms with van der Waals surface area (Å²) in [7, 11) is 0. The van der Waals surface area contributed by atoms with Crippen LogP contribution in [0.2, 0.25) is 0 Å². The number of terminal acetylenes is 1. The lowest BCUT2D eigenvalue weighted by molar-refractivity contribution is -0.122. The van der Waals surface area contributed by atoms with Crippen LogP contribution in [0.5, 0.6) is 0 Å². The van der Waals surface area contributed by atoms with Crippen molar-refractivity contribution in [1.82, 2.24) is 10.2 Å². The van der Waals surface area contributed by atoms with Gasteiger partial charge in [-0.1, -0.05) is 18.4 Å². The Labute approximate surface area is 148 Å². The fourth-order valence-corrected chi connectivity index (χ4v) is 2.80. The molecule has 1 aromatic rings. The number of nitrogens with one attached hydrogen (secondary N) is 3. The molecule has 3 amide bonds. The van der Waals surface area contributed by atoms with Gasteiger partial charge in [0.15, 0.2) is 0 Å². The number of carbonyl (C=O) groups excluding carboxylic acids is 2. The van der Waals surface area contributed by atoms with Crippen molar-refractivity contribution in [2.24, 2.45) is 0 Å². The van der Waals surface area contributed by atoms with E-state index in [1.807, 2.05) is 4.90 Å². The van der Waals surface area contributed by atoms with Crippen LogP contribution in [0.25, 0.3) is 0 Å². The van der Waals surface area contributed by atoms with Crippen molar-refractivity contribution in [3.8, 4) is 12.3 Å². The van der Waals surface area contributed by atoms with Gasteiger partial charge >= 0.3 is 6.03 Å². The van der Waals surface area contributed by atoms with Crippen LogP contribution in [0.1, 0.15) is 19.3 Å². The molecule has 2 rings (SSSR count). The van der Waals surface area contributed by atoms with E-state index in [9.17, 15) is 9.59 Å². The van der Waals surface area contributed by atoms with Crippen molar-refractivity contribution in [3.05, 3.63) is 36.9 Å². The van der Waals surface area contributed by atoms with Gasteiger partial charge < -0.3 is 16.0 Å². The zero-order valence-electron chi connectivity index (χ0n) is 14.3. The normalized spacial score (nSPS) is 17.2. The van der Waals surface area contributed by atoms with Gasteiger partial charge in [-0.25, -0.2) is 4.79 Å². The van der Waals surface area contributed by atoms with Gasteiger partial charge in [-0.15, -0.1) is 13.0 Å². The number of benzene rings is 1. The van der Waals surface area contributed by atoms with Crippen molar-refractivity contribution in [3.63, 3.8) is 0 Å². The van der Waals surface area contributed by atoms with Gasteiger partial charge in [-0.05, 0) is 43.7 Å². The first-order valence-electron chi connectivity index (χ1n) is 8.38. The second-order valence-corrected chi connectivity index (χ2v) is 5.88. The van der Waals surface area contributed by atoms with Crippen molar-refractivity contribution in [1.29, 1.82) is 0 Å². The molecule has 0 bridgehead atoms. The molecule has 1 saturated heterocycles. The number of rotatable bonds is 6. The molecule has 132 valence electrons. The second-order valence-electron chi connectivity index (χ2n) is 5.88. The van der Waals surface area contributed by atoms with E-state index in [0.717, 1.165) is 25.8 Å². The van der Waals surface area contributed by atoms with Gasteiger partial charge in [-0.3, -0.25) is 9.69 Å². The summed E-state index contributed by atoms with van der Waals surface area (Å²) < 4.78 is 0. The number of nitrogens with zero attached hydrogens (tertiary/aromatic N) is 1. The van der Waals surface area contributed by atoms with Crippen LogP contribution in [0, 0.1) is 12.3 Å². The maximum Gasteiger partial charge on any atom is 0.319 e. The van der Waals surface area contributed by atoms with E-state index in [-0.39, 0.29) is 18.0 Å². The van der Waals surface area contributed by atoms with Crippen LogP contribution >= 0.6 is 0 Å². The van der Waals surface area contributed by atoms with Crippen LogP contribution < -0.4 is 16.0 Å². The Hall–Kier alpha value is -2.78. The van der Waals surface area contributed by atoms with E-state index in [2.05, 4.69) is 28.4 Å². The number of hydrogen-bond donors (Lipinski definition) is 3. The molecule has 1 aliphatic heterocycles. The molecule has 0 saturated carbocycles. The standard InChI is InChI=1S/C19H24N4O2/c1-3-12-20-19(25)22-16-10-8-15(9-11-16)21-18(24)17-7-5-6-14-23(17)13-4-2/h2-3,8-11,17H,1,5-7,12-14H2,(H,21,24)(H2,20,22,25)/t17-/m0/s1. The quantitative estimate of drug-likeness (QED) is 0.550. The minimum atomic E-state index is -0.302. The Bertz CT molecular complexity index is 648. The summed E-state index contributed by atoms with van der Waals surface area (Å²) >= 11 is 0. The zero-order chi connectivity index (χ0) is 18.1. The molecule has 0 radical (unpaired) electrons. The number of carbonyl (C=O) groups is 2. The highest BCUT2D eigenvalue weighted by atomic mass is 16.2. The maximum atomic E-state index is 12.5. The molecule has 0 unspecified atom stereocenters. The van der Waals surface area contributed by atoms with Crippen LogP contribution in [0.3, 0.4) is 0 Å². The van der Waals surface area contributed by atoms with Gasteiger partial charge in [0.1, 0.15) is 0 Å². The summed E-state index contributed by atoms with van der Waals surface area (Å²) in [4.78, 5) is 26.1. The zero-order valence-corrected chi connectivity index (χ0v) is 14.3. The third-order valence-electron chi connectivity index (χ3n) is 4.03. The number of piperidine rings is 1. The monoisotopic (exact) mass is 340 g/mol. The van der Waals surface area contributed by atoms with Crippen molar-refractivity contribution >= 4 is 23.3 Å². The largest absolute Gasteiger partial charge is 0.334 e. The second kappa shape index (κ2) is 9.50. The smallest absolute Gasteiger partial charge is 0.319 e. The predicted octanol–water partition coefficient (Wildman–Crippen LogP) is 2.42. The number of amides is 3. The molecule has 0 aromatic heterocycles. The molecule has 25 heavy (non-hydrogen) atoms. The minimum absolute atomic E-state index is 0.0422. The molecule has 3 N–H and O–H groups in total. The van der Waals surface area contributed by atoms with Gasteiger partial charge in [0.25, 0.3) is 0 Å². The Morgan fingerprint density at radius 1 is 1.24 bits per heavy atom. The molecule has 0 spiro atoms. The average molecular weight is 340 g/mol. The first kappa shape index (κ1) is 18.6. The average Bonchev–Trinajstić information content (AvgIpc) is 2.62. The van der Waals surface area contributed by atoms with Crippen LogP contribution in [0.4, 0.5) is 16.2 Å². The number of anilines is 2. The van der Waals surface area contributed by atoms with Crippen LogP contribution in [0.15, 0.2) is 36.9 Å². The van der Waals surface area contributed by atoms with Gasteiger partial charge in [0.05, 0.1) is 12.6 Å². The molecular weight excluding hydrogens is 316 g/mol. The summed E-state index contributed by atoms with van der Waals surface area (Å²) in [6.45, 7) is 5.27. The first-order valence-corrected chi connectivity index (χ1v) is 8.38. The lowest BCUT2D eigenvalue weighted by Gasteiger charge is -2.33. The third kappa shape index (κ3) is 5.66. The highest BCUT2D eigenvalue weighted by Gasteiger charge is 2.27. The fraction of sp³-hybridized carbons (Fsp3) is 0.368. The number of urea groups is 1. The summed E-state index contributed by atoms with van der Waals surface area (Å²) in [6.07, 6.45) is 9.91. The molecule has 6 nitrogen and oxygen atoms in total. The summed E-state index contributed by atoms with van der Waals surface area (Å²) in [5.74, 6) is 2.58.